The van der Waals surface area contributed by atoms with Crippen molar-refractivity contribution < 1.29 is 9.53 Å². The zero-order chi connectivity index (χ0) is 21.1. The average Bonchev–Trinajstić information content (AvgIpc) is 3.39. The largest absolute Gasteiger partial charge is 0.493 e. The highest BCUT2D eigenvalue weighted by Crippen LogP contribution is 2.27. The van der Waals surface area contributed by atoms with E-state index in [-0.39, 0.29) is 17.4 Å². The topological polar surface area (TPSA) is 80.2 Å². The zero-order valence-corrected chi connectivity index (χ0v) is 17.4. The second-order valence-electron chi connectivity index (χ2n) is 7.48. The van der Waals surface area contributed by atoms with E-state index in [4.69, 9.17) is 16.3 Å². The van der Waals surface area contributed by atoms with Gasteiger partial charge in [0.1, 0.15) is 5.75 Å². The molecule has 1 aliphatic rings. The first kappa shape index (κ1) is 20.2. The molecule has 2 aromatic heterocycles. The Morgan fingerprint density at radius 3 is 2.97 bits per heavy atom. The first-order chi connectivity index (χ1) is 14.5. The van der Waals surface area contributed by atoms with Crippen molar-refractivity contribution in [2.75, 3.05) is 19.7 Å². The number of nitrogens with one attached hydrogen (secondary N) is 1. The van der Waals surface area contributed by atoms with Gasteiger partial charge in [-0.05, 0) is 36.8 Å². The summed E-state index contributed by atoms with van der Waals surface area (Å²) in [5.74, 6) is 0.879. The van der Waals surface area contributed by atoms with Gasteiger partial charge in [0.05, 0.1) is 17.9 Å². The van der Waals surface area contributed by atoms with Crippen LogP contribution < -0.4 is 10.3 Å². The molecule has 8 heteroatoms. The van der Waals surface area contributed by atoms with Gasteiger partial charge in [-0.2, -0.15) is 5.10 Å². The maximum Gasteiger partial charge on any atom is 0.255 e. The highest BCUT2D eigenvalue weighted by Gasteiger charge is 2.29. The van der Waals surface area contributed by atoms with Crippen LogP contribution in [-0.2, 0) is 13.5 Å². The summed E-state index contributed by atoms with van der Waals surface area (Å²) in [6, 6.07) is 12.4. The van der Waals surface area contributed by atoms with Gasteiger partial charge in [0.15, 0.2) is 0 Å². The van der Waals surface area contributed by atoms with Crippen molar-refractivity contribution in [3.05, 3.63) is 81.0 Å². The summed E-state index contributed by atoms with van der Waals surface area (Å²) in [5, 5.41) is 8.16. The minimum atomic E-state index is -0.130. The van der Waals surface area contributed by atoms with Crippen LogP contribution in [0.5, 0.6) is 5.75 Å². The number of likely N-dealkylation sites (tertiary alicyclic amines) is 1. The Labute approximate surface area is 179 Å². The fraction of sp³-hybridized carbons (Fsp3) is 0.318. The number of aryl methyl sites for hydroxylation is 1. The molecule has 0 unspecified atom stereocenters. The van der Waals surface area contributed by atoms with Crippen molar-refractivity contribution in [2.45, 2.75) is 18.8 Å². The lowest BCUT2D eigenvalue weighted by Crippen LogP contribution is -2.29. The molecule has 0 bridgehead atoms. The molecule has 1 fully saturated rings. The summed E-state index contributed by atoms with van der Waals surface area (Å²) in [6.07, 6.45) is 3.15. The van der Waals surface area contributed by atoms with Gasteiger partial charge in [0.25, 0.3) is 5.91 Å². The van der Waals surface area contributed by atoms with E-state index < -0.39 is 0 Å². The molecule has 1 aliphatic heterocycles. The van der Waals surface area contributed by atoms with Crippen LogP contribution in [0.4, 0.5) is 0 Å². The van der Waals surface area contributed by atoms with E-state index in [0.29, 0.717) is 36.7 Å². The van der Waals surface area contributed by atoms with Gasteiger partial charge in [0.2, 0.25) is 5.56 Å². The second kappa shape index (κ2) is 8.75. The average molecular weight is 427 g/mol. The fourth-order valence-corrected chi connectivity index (χ4v) is 3.82. The lowest BCUT2D eigenvalue weighted by Gasteiger charge is -2.16. The van der Waals surface area contributed by atoms with E-state index >= 15 is 0 Å². The third-order valence-corrected chi connectivity index (χ3v) is 5.55. The van der Waals surface area contributed by atoms with Crippen molar-refractivity contribution in [1.29, 1.82) is 0 Å². The Morgan fingerprint density at radius 1 is 1.30 bits per heavy atom. The molecule has 1 atom stereocenters. The summed E-state index contributed by atoms with van der Waals surface area (Å²) < 4.78 is 7.15. The number of halogens is 1. The highest BCUT2D eigenvalue weighted by atomic mass is 35.5. The van der Waals surface area contributed by atoms with Gasteiger partial charge in [0, 0.05) is 55.5 Å². The highest BCUT2D eigenvalue weighted by molar-refractivity contribution is 6.30. The monoisotopic (exact) mass is 426 g/mol. The van der Waals surface area contributed by atoms with E-state index in [9.17, 15) is 9.59 Å². The smallest absolute Gasteiger partial charge is 0.255 e. The van der Waals surface area contributed by atoms with Gasteiger partial charge in [-0.15, -0.1) is 0 Å². The van der Waals surface area contributed by atoms with E-state index in [2.05, 4.69) is 10.2 Å². The summed E-state index contributed by atoms with van der Waals surface area (Å²) >= 11 is 5.97. The Balaban J connectivity index is 1.32. The molecular formula is C22H23ClN4O3. The van der Waals surface area contributed by atoms with Crippen LogP contribution in [0.2, 0.25) is 5.02 Å². The molecule has 0 aliphatic carbocycles. The van der Waals surface area contributed by atoms with E-state index in [1.54, 1.807) is 25.4 Å². The number of aromatic amines is 1. The number of pyridine rings is 1. The van der Waals surface area contributed by atoms with Crippen LogP contribution in [0.25, 0.3) is 0 Å². The molecule has 3 aromatic rings. The minimum Gasteiger partial charge on any atom is -0.493 e. The van der Waals surface area contributed by atoms with Gasteiger partial charge in [-0.1, -0.05) is 17.7 Å². The molecule has 30 heavy (non-hydrogen) atoms. The van der Waals surface area contributed by atoms with Crippen molar-refractivity contribution in [3.8, 4) is 5.75 Å². The maximum absolute atomic E-state index is 12.7. The van der Waals surface area contributed by atoms with Crippen molar-refractivity contribution >= 4 is 17.5 Å². The number of nitrogens with zero attached hydrogens (tertiary/aromatic N) is 3. The quantitative estimate of drug-likeness (QED) is 0.657. The van der Waals surface area contributed by atoms with Crippen LogP contribution >= 0.6 is 11.6 Å². The van der Waals surface area contributed by atoms with Gasteiger partial charge >= 0.3 is 0 Å². The Hall–Kier alpha value is -3.06. The number of carbonyl (C=O) groups is 1. The van der Waals surface area contributed by atoms with E-state index in [0.717, 1.165) is 23.6 Å². The Morgan fingerprint density at radius 2 is 2.17 bits per heavy atom. The number of hydrogen-bond donors (Lipinski definition) is 1. The van der Waals surface area contributed by atoms with Gasteiger partial charge < -0.3 is 14.2 Å². The number of H-pyrrole nitrogens is 1. The van der Waals surface area contributed by atoms with Crippen molar-refractivity contribution in [2.24, 2.45) is 7.05 Å². The number of hydrogen-bond acceptors (Lipinski definition) is 4. The van der Waals surface area contributed by atoms with E-state index in [1.807, 2.05) is 29.2 Å². The van der Waals surface area contributed by atoms with Crippen LogP contribution in [0.1, 0.15) is 34.1 Å². The minimum absolute atomic E-state index is 0.0567. The van der Waals surface area contributed by atoms with Crippen molar-refractivity contribution in [3.63, 3.8) is 0 Å². The molecule has 1 amide bonds. The first-order valence-corrected chi connectivity index (χ1v) is 10.3. The molecule has 0 radical (unpaired) electrons. The third kappa shape index (κ3) is 4.57. The number of carbonyl (C=O) groups excluding carboxylic acids is 1. The molecule has 3 heterocycles. The number of aromatic nitrogens is 3. The van der Waals surface area contributed by atoms with Gasteiger partial charge in [-0.25, -0.2) is 0 Å². The summed E-state index contributed by atoms with van der Waals surface area (Å²) in [7, 11) is 1.65. The number of benzene rings is 1. The molecule has 0 saturated carbocycles. The van der Waals surface area contributed by atoms with E-state index in [1.165, 1.54) is 10.6 Å². The molecule has 1 saturated heterocycles. The number of ether oxygens (including phenoxy) is 1. The lowest BCUT2D eigenvalue weighted by atomic mass is 10.0. The molecule has 156 valence electrons. The Kier molecular flexibility index (Phi) is 5.90. The molecular weight excluding hydrogens is 404 g/mol. The third-order valence-electron chi connectivity index (χ3n) is 5.31. The lowest BCUT2D eigenvalue weighted by molar-refractivity contribution is 0.0789. The molecule has 1 aromatic carbocycles. The Bertz CT molecular complexity index is 1110. The summed E-state index contributed by atoms with van der Waals surface area (Å²) in [4.78, 5) is 26.1. The first-order valence-electron chi connectivity index (χ1n) is 9.88. The standard InChI is InChI=1S/C22H23ClN4O3/c1-26-13-16(5-6-21(26)28)22(29)27-9-7-15(14-27)20-12-18(24-25-20)8-10-30-19-4-2-3-17(23)11-19/h2-6,11-13,15H,7-10,14H2,1H3,(H,24,25)/t15-/m0/s1. The van der Waals surface area contributed by atoms with Crippen LogP contribution in [0.15, 0.2) is 53.5 Å². The summed E-state index contributed by atoms with van der Waals surface area (Å²) in [6.45, 7) is 1.81. The normalized spacial score (nSPS) is 16.1. The van der Waals surface area contributed by atoms with Crippen LogP contribution in [0, 0.1) is 0 Å². The molecule has 1 N–H and O–H groups in total. The predicted octanol–water partition coefficient (Wildman–Crippen LogP) is 3.01. The summed E-state index contributed by atoms with van der Waals surface area (Å²) in [5.41, 5.74) is 2.35. The second-order valence-corrected chi connectivity index (χ2v) is 7.91. The molecule has 0 spiro atoms. The molecule has 7 nitrogen and oxygen atoms in total. The number of amides is 1. The van der Waals surface area contributed by atoms with Crippen molar-refractivity contribution in [1.82, 2.24) is 19.7 Å². The van der Waals surface area contributed by atoms with Crippen LogP contribution in [-0.4, -0.2) is 45.3 Å². The van der Waals surface area contributed by atoms with Crippen LogP contribution in [0.3, 0.4) is 0 Å². The number of rotatable bonds is 6. The maximum atomic E-state index is 12.7. The van der Waals surface area contributed by atoms with Gasteiger partial charge in [-0.3, -0.25) is 14.7 Å². The predicted molar refractivity (Wildman–Crippen MR) is 114 cm³/mol. The molecule has 4 rings (SSSR count). The SMILES string of the molecule is Cn1cc(C(=O)N2CC[C@H](c3cc(CCOc4cccc(Cl)c4)[nH]n3)C2)ccc1=O. The fourth-order valence-electron chi connectivity index (χ4n) is 3.64. The zero-order valence-electron chi connectivity index (χ0n) is 16.7.